The van der Waals surface area contributed by atoms with E-state index in [1.54, 1.807) is 29.1 Å². The Morgan fingerprint density at radius 2 is 1.85 bits per heavy atom. The first-order valence-corrected chi connectivity index (χ1v) is 10.8. The fourth-order valence-electron chi connectivity index (χ4n) is 3.73. The average Bonchev–Trinajstić information content (AvgIpc) is 2.83. The Balaban J connectivity index is 1.83. The van der Waals surface area contributed by atoms with Crippen LogP contribution in [0.25, 0.3) is 27.8 Å². The number of carbonyl (C=O) groups excluding carboxylic acids is 1. The number of pyridine rings is 2. The van der Waals surface area contributed by atoms with Crippen molar-refractivity contribution in [3.63, 3.8) is 0 Å². The molecule has 0 aliphatic rings. The molecule has 1 unspecified atom stereocenters. The fraction of sp³-hybridized carbons (Fsp3) is 0.192. The molecule has 2 aromatic carbocycles. The van der Waals surface area contributed by atoms with Crippen LogP contribution < -0.4 is 16.5 Å². The molecule has 4 aromatic rings. The lowest BCUT2D eigenvalue weighted by molar-refractivity contribution is 0.0941. The Hall–Kier alpha value is -3.81. The Labute approximate surface area is 191 Å². The summed E-state index contributed by atoms with van der Waals surface area (Å²) in [4.78, 5) is 30.1. The Morgan fingerprint density at radius 1 is 1.09 bits per heavy atom. The predicted molar refractivity (Wildman–Crippen MR) is 129 cm³/mol. The Bertz CT molecular complexity index is 1360. The molecule has 4 N–H and O–H groups in total. The van der Waals surface area contributed by atoms with Crippen molar-refractivity contribution in [2.75, 3.05) is 6.54 Å². The molecule has 2 aromatic heterocycles. The topological polar surface area (TPSA) is 110 Å². The largest absolute Gasteiger partial charge is 0.387 e. The minimum Gasteiger partial charge on any atom is -0.387 e. The van der Waals surface area contributed by atoms with Gasteiger partial charge in [0.15, 0.2) is 0 Å². The Morgan fingerprint density at radius 3 is 2.55 bits per heavy atom. The van der Waals surface area contributed by atoms with Gasteiger partial charge in [0.1, 0.15) is 11.2 Å². The molecule has 0 aliphatic carbocycles. The van der Waals surface area contributed by atoms with Crippen LogP contribution in [0.2, 0.25) is 0 Å². The SMILES string of the molecule is CC(C)NC(=O)c1cn(-c2cccc(-c3ccc(C(O)CN)cc3)c2)c2ncccc2c1=O. The Kier molecular flexibility index (Phi) is 6.35. The summed E-state index contributed by atoms with van der Waals surface area (Å²) in [5.74, 6) is -0.417. The summed E-state index contributed by atoms with van der Waals surface area (Å²) in [6.45, 7) is 3.86. The van der Waals surface area contributed by atoms with Crippen molar-refractivity contribution in [1.82, 2.24) is 14.9 Å². The van der Waals surface area contributed by atoms with Gasteiger partial charge in [-0.05, 0) is 54.8 Å². The maximum Gasteiger partial charge on any atom is 0.256 e. The minimum atomic E-state index is -0.695. The quantitative estimate of drug-likeness (QED) is 0.425. The van der Waals surface area contributed by atoms with Crippen molar-refractivity contribution in [3.8, 4) is 16.8 Å². The summed E-state index contributed by atoms with van der Waals surface area (Å²) in [7, 11) is 0. The highest BCUT2D eigenvalue weighted by atomic mass is 16.3. The van der Waals surface area contributed by atoms with Crippen LogP contribution in [0, 0.1) is 0 Å². The third kappa shape index (κ3) is 4.55. The number of aromatic nitrogens is 2. The van der Waals surface area contributed by atoms with Gasteiger partial charge in [-0.2, -0.15) is 0 Å². The van der Waals surface area contributed by atoms with E-state index in [1.807, 2.05) is 62.4 Å². The van der Waals surface area contributed by atoms with Crippen molar-refractivity contribution in [1.29, 1.82) is 0 Å². The van der Waals surface area contributed by atoms with E-state index in [-0.39, 0.29) is 23.6 Å². The van der Waals surface area contributed by atoms with Gasteiger partial charge in [-0.1, -0.05) is 36.4 Å². The second kappa shape index (κ2) is 9.36. The zero-order valence-electron chi connectivity index (χ0n) is 18.5. The first kappa shape index (κ1) is 22.4. The standard InChI is InChI=1S/C26H26N4O3/c1-16(2)29-26(33)22-15-30(25-21(24(22)32)7-4-12-28-25)20-6-3-5-19(13-20)17-8-10-18(11-9-17)23(31)14-27/h3-13,15-16,23,31H,14,27H2,1-2H3,(H,29,33). The zero-order chi connectivity index (χ0) is 23.5. The molecule has 0 saturated heterocycles. The number of benzene rings is 2. The first-order chi connectivity index (χ1) is 15.9. The zero-order valence-corrected chi connectivity index (χ0v) is 18.5. The number of aliphatic hydroxyl groups excluding tert-OH is 1. The summed E-state index contributed by atoms with van der Waals surface area (Å²) < 4.78 is 1.77. The highest BCUT2D eigenvalue weighted by Crippen LogP contribution is 2.25. The highest BCUT2D eigenvalue weighted by Gasteiger charge is 2.17. The summed E-state index contributed by atoms with van der Waals surface area (Å²) in [5.41, 5.74) is 9.16. The van der Waals surface area contributed by atoms with Crippen LogP contribution in [0.1, 0.15) is 35.9 Å². The summed E-state index contributed by atoms with van der Waals surface area (Å²) >= 11 is 0. The van der Waals surface area contributed by atoms with E-state index in [2.05, 4.69) is 10.3 Å². The van der Waals surface area contributed by atoms with E-state index in [4.69, 9.17) is 5.73 Å². The van der Waals surface area contributed by atoms with Crippen molar-refractivity contribution >= 4 is 16.9 Å². The van der Waals surface area contributed by atoms with Crippen molar-refractivity contribution in [2.24, 2.45) is 5.73 Å². The van der Waals surface area contributed by atoms with Crippen molar-refractivity contribution in [3.05, 3.63) is 94.4 Å². The molecule has 168 valence electrons. The minimum absolute atomic E-state index is 0.0646. The van der Waals surface area contributed by atoms with Gasteiger partial charge >= 0.3 is 0 Å². The van der Waals surface area contributed by atoms with Gasteiger partial charge in [0.25, 0.3) is 5.91 Å². The third-order valence-electron chi connectivity index (χ3n) is 5.40. The van der Waals surface area contributed by atoms with E-state index < -0.39 is 12.0 Å². The fourth-order valence-corrected chi connectivity index (χ4v) is 3.73. The molecule has 1 atom stereocenters. The molecule has 0 fully saturated rings. The molecule has 33 heavy (non-hydrogen) atoms. The monoisotopic (exact) mass is 442 g/mol. The van der Waals surface area contributed by atoms with Crippen LogP contribution in [0.3, 0.4) is 0 Å². The molecule has 0 spiro atoms. The van der Waals surface area contributed by atoms with Crippen LogP contribution >= 0.6 is 0 Å². The van der Waals surface area contributed by atoms with Crippen molar-refractivity contribution in [2.45, 2.75) is 26.0 Å². The molecule has 0 aliphatic heterocycles. The lowest BCUT2D eigenvalue weighted by atomic mass is 10.0. The summed E-state index contributed by atoms with van der Waals surface area (Å²) in [5, 5.41) is 13.1. The van der Waals surface area contributed by atoms with Gasteiger partial charge in [0.2, 0.25) is 5.43 Å². The van der Waals surface area contributed by atoms with E-state index in [0.717, 1.165) is 22.4 Å². The van der Waals surface area contributed by atoms with Crippen LogP contribution in [-0.2, 0) is 0 Å². The molecular weight excluding hydrogens is 416 g/mol. The number of hydrogen-bond acceptors (Lipinski definition) is 5. The van der Waals surface area contributed by atoms with Gasteiger partial charge in [0, 0.05) is 30.7 Å². The molecule has 0 saturated carbocycles. The number of carbonyl (C=O) groups is 1. The number of hydrogen-bond donors (Lipinski definition) is 3. The smallest absolute Gasteiger partial charge is 0.256 e. The summed E-state index contributed by atoms with van der Waals surface area (Å²) in [6.07, 6.45) is 2.48. The number of fused-ring (bicyclic) bond motifs is 1. The number of nitrogens with two attached hydrogens (primary N) is 1. The molecule has 7 heteroatoms. The molecule has 1 amide bonds. The average molecular weight is 443 g/mol. The third-order valence-corrected chi connectivity index (χ3v) is 5.40. The van der Waals surface area contributed by atoms with E-state index in [0.29, 0.717) is 11.0 Å². The summed E-state index contributed by atoms with van der Waals surface area (Å²) in [6, 6.07) is 18.6. The van der Waals surface area contributed by atoms with E-state index >= 15 is 0 Å². The molecular formula is C26H26N4O3. The van der Waals surface area contributed by atoms with Crippen LogP contribution in [0.15, 0.2) is 77.9 Å². The van der Waals surface area contributed by atoms with Crippen molar-refractivity contribution < 1.29 is 9.90 Å². The predicted octanol–water partition coefficient (Wildman–Crippen LogP) is 3.18. The van der Waals surface area contributed by atoms with Crippen LogP contribution in [-0.4, -0.2) is 33.2 Å². The van der Waals surface area contributed by atoms with Gasteiger partial charge in [0.05, 0.1) is 11.5 Å². The van der Waals surface area contributed by atoms with Gasteiger partial charge in [-0.25, -0.2) is 4.98 Å². The normalized spacial score (nSPS) is 12.2. The number of nitrogens with zero attached hydrogens (tertiary/aromatic N) is 2. The number of amides is 1. The van der Waals surface area contributed by atoms with Gasteiger partial charge in [-0.15, -0.1) is 0 Å². The van der Waals surface area contributed by atoms with Gasteiger partial charge in [-0.3, -0.25) is 9.59 Å². The van der Waals surface area contributed by atoms with Crippen LogP contribution in [0.5, 0.6) is 0 Å². The van der Waals surface area contributed by atoms with E-state index in [9.17, 15) is 14.7 Å². The molecule has 7 nitrogen and oxygen atoms in total. The van der Waals surface area contributed by atoms with Gasteiger partial charge < -0.3 is 20.7 Å². The molecule has 4 rings (SSSR count). The number of nitrogens with one attached hydrogen (secondary N) is 1. The lowest BCUT2D eigenvalue weighted by Gasteiger charge is -2.15. The maximum absolute atomic E-state index is 13.0. The maximum atomic E-state index is 13.0. The first-order valence-electron chi connectivity index (χ1n) is 10.8. The van der Waals surface area contributed by atoms with Crippen LogP contribution in [0.4, 0.5) is 0 Å². The lowest BCUT2D eigenvalue weighted by Crippen LogP contribution is -2.34. The molecule has 0 radical (unpaired) electrons. The second-order valence-corrected chi connectivity index (χ2v) is 8.17. The van der Waals surface area contributed by atoms with E-state index in [1.165, 1.54) is 0 Å². The molecule has 2 heterocycles. The molecule has 0 bridgehead atoms. The second-order valence-electron chi connectivity index (χ2n) is 8.17. The number of aliphatic hydroxyl groups is 1. The highest BCUT2D eigenvalue weighted by molar-refractivity contribution is 5.97. The number of rotatable bonds is 6.